The molecule has 4 rings (SSSR count). The molecule has 2 aliphatic rings. The fourth-order valence-electron chi connectivity index (χ4n) is 4.40. The number of benzene rings is 2. The van der Waals surface area contributed by atoms with E-state index in [0.717, 1.165) is 19.6 Å². The van der Waals surface area contributed by atoms with Crippen LogP contribution < -0.4 is 20.4 Å². The second-order valence-electron chi connectivity index (χ2n) is 8.63. The molecule has 0 amide bonds. The van der Waals surface area contributed by atoms with Gasteiger partial charge in [-0.05, 0) is 68.0 Å². The molecule has 2 saturated heterocycles. The standard InChI is InChI=1S/C25H36N4/c1-21(27-20-23-8-12-25(13-9-23)29-16-4-5-17-29)18-26-19-22-6-10-24(11-7-22)28-14-2-3-15-28/h6-13,21,26-27H,2-5,14-20H2,1H3/t21-/m1/s1. The van der Waals surface area contributed by atoms with Gasteiger partial charge in [0.25, 0.3) is 0 Å². The van der Waals surface area contributed by atoms with Gasteiger partial charge in [-0.15, -0.1) is 0 Å². The first-order valence-electron chi connectivity index (χ1n) is 11.4. The average Bonchev–Trinajstić information content (AvgIpc) is 3.47. The maximum absolute atomic E-state index is 3.64. The lowest BCUT2D eigenvalue weighted by Crippen LogP contribution is -2.35. The Morgan fingerprint density at radius 2 is 1.14 bits per heavy atom. The molecule has 2 heterocycles. The van der Waals surface area contributed by atoms with Gasteiger partial charge in [-0.3, -0.25) is 0 Å². The molecule has 0 unspecified atom stereocenters. The summed E-state index contributed by atoms with van der Waals surface area (Å²) in [6.07, 6.45) is 5.32. The van der Waals surface area contributed by atoms with Crippen LogP contribution in [0.25, 0.3) is 0 Å². The van der Waals surface area contributed by atoms with E-state index in [4.69, 9.17) is 0 Å². The second-order valence-corrected chi connectivity index (χ2v) is 8.63. The number of nitrogens with zero attached hydrogens (tertiary/aromatic N) is 2. The highest BCUT2D eigenvalue weighted by molar-refractivity contribution is 5.49. The van der Waals surface area contributed by atoms with Gasteiger partial charge in [0.1, 0.15) is 0 Å². The maximum atomic E-state index is 3.64. The van der Waals surface area contributed by atoms with Gasteiger partial charge >= 0.3 is 0 Å². The van der Waals surface area contributed by atoms with Crippen molar-refractivity contribution in [3.63, 3.8) is 0 Å². The molecular formula is C25H36N4. The summed E-state index contributed by atoms with van der Waals surface area (Å²) in [5.41, 5.74) is 5.46. The molecule has 0 bridgehead atoms. The molecule has 29 heavy (non-hydrogen) atoms. The third kappa shape index (κ3) is 5.74. The van der Waals surface area contributed by atoms with Gasteiger partial charge in [-0.1, -0.05) is 24.3 Å². The Bertz CT molecular complexity index is 728. The lowest BCUT2D eigenvalue weighted by atomic mass is 10.1. The van der Waals surface area contributed by atoms with Gasteiger partial charge in [0, 0.05) is 63.2 Å². The van der Waals surface area contributed by atoms with Crippen LogP contribution in [0.2, 0.25) is 0 Å². The maximum Gasteiger partial charge on any atom is 0.0366 e. The first-order chi connectivity index (χ1) is 14.3. The SMILES string of the molecule is C[C@H](CNCc1ccc(N2CCCC2)cc1)NCc1ccc(N2CCCC2)cc1. The summed E-state index contributed by atoms with van der Waals surface area (Å²) in [6.45, 7) is 9.92. The molecule has 0 aliphatic carbocycles. The van der Waals surface area contributed by atoms with E-state index in [1.54, 1.807) is 0 Å². The lowest BCUT2D eigenvalue weighted by molar-refractivity contribution is 0.501. The Morgan fingerprint density at radius 3 is 1.62 bits per heavy atom. The fraction of sp³-hybridized carbons (Fsp3) is 0.520. The van der Waals surface area contributed by atoms with Crippen LogP contribution in [0.15, 0.2) is 48.5 Å². The van der Waals surface area contributed by atoms with E-state index in [-0.39, 0.29) is 0 Å². The average molecular weight is 393 g/mol. The molecule has 4 nitrogen and oxygen atoms in total. The zero-order valence-corrected chi connectivity index (χ0v) is 17.9. The second kappa shape index (κ2) is 10.1. The molecule has 2 aromatic carbocycles. The minimum atomic E-state index is 0.442. The van der Waals surface area contributed by atoms with Crippen LogP contribution in [-0.2, 0) is 13.1 Å². The van der Waals surface area contributed by atoms with Crippen LogP contribution in [0.3, 0.4) is 0 Å². The van der Waals surface area contributed by atoms with Crippen LogP contribution in [0, 0.1) is 0 Å². The third-order valence-corrected chi connectivity index (χ3v) is 6.25. The smallest absolute Gasteiger partial charge is 0.0366 e. The summed E-state index contributed by atoms with van der Waals surface area (Å²) in [4.78, 5) is 4.97. The van der Waals surface area contributed by atoms with Crippen molar-refractivity contribution < 1.29 is 0 Å². The van der Waals surface area contributed by atoms with Crippen molar-refractivity contribution in [2.24, 2.45) is 0 Å². The highest BCUT2D eigenvalue weighted by Crippen LogP contribution is 2.21. The van der Waals surface area contributed by atoms with E-state index in [1.165, 1.54) is 74.4 Å². The molecule has 1 atom stereocenters. The Hall–Kier alpha value is -2.04. The molecule has 0 saturated carbocycles. The summed E-state index contributed by atoms with van der Waals surface area (Å²) in [5.74, 6) is 0. The Labute approximate surface area is 176 Å². The number of nitrogens with one attached hydrogen (secondary N) is 2. The molecule has 4 heteroatoms. The molecule has 0 spiro atoms. The van der Waals surface area contributed by atoms with Crippen molar-refractivity contribution in [1.29, 1.82) is 0 Å². The Kier molecular flexibility index (Phi) is 7.07. The summed E-state index contributed by atoms with van der Waals surface area (Å²) in [7, 11) is 0. The Morgan fingerprint density at radius 1 is 0.690 bits per heavy atom. The minimum Gasteiger partial charge on any atom is -0.372 e. The van der Waals surface area contributed by atoms with Gasteiger partial charge in [0.05, 0.1) is 0 Å². The normalized spacial score (nSPS) is 17.8. The largest absolute Gasteiger partial charge is 0.372 e. The molecule has 0 aromatic heterocycles. The van der Waals surface area contributed by atoms with Crippen LogP contribution in [0.4, 0.5) is 11.4 Å². The van der Waals surface area contributed by atoms with Crippen molar-refractivity contribution in [3.8, 4) is 0 Å². The first kappa shape index (κ1) is 20.2. The van der Waals surface area contributed by atoms with E-state index in [2.05, 4.69) is 75.9 Å². The predicted octanol–water partition coefficient (Wildman–Crippen LogP) is 4.15. The molecule has 2 aromatic rings. The predicted molar refractivity (Wildman–Crippen MR) is 124 cm³/mol. The topological polar surface area (TPSA) is 30.5 Å². The van der Waals surface area contributed by atoms with Crippen molar-refractivity contribution in [2.45, 2.75) is 51.7 Å². The summed E-state index contributed by atoms with van der Waals surface area (Å²) in [5, 5.41) is 7.23. The van der Waals surface area contributed by atoms with Crippen LogP contribution in [0.5, 0.6) is 0 Å². The number of hydrogen-bond donors (Lipinski definition) is 2. The van der Waals surface area contributed by atoms with E-state index in [1.807, 2.05) is 0 Å². The zero-order valence-electron chi connectivity index (χ0n) is 17.9. The van der Waals surface area contributed by atoms with Crippen molar-refractivity contribution in [1.82, 2.24) is 10.6 Å². The van der Waals surface area contributed by atoms with Crippen molar-refractivity contribution in [3.05, 3.63) is 59.7 Å². The van der Waals surface area contributed by atoms with E-state index >= 15 is 0 Å². The molecule has 2 N–H and O–H groups in total. The zero-order chi connectivity index (χ0) is 19.9. The highest BCUT2D eigenvalue weighted by Gasteiger charge is 2.12. The molecule has 2 fully saturated rings. The van der Waals surface area contributed by atoms with Gasteiger partial charge in [-0.2, -0.15) is 0 Å². The summed E-state index contributed by atoms with van der Waals surface area (Å²) < 4.78 is 0. The Balaban J connectivity index is 1.15. The van der Waals surface area contributed by atoms with Crippen LogP contribution >= 0.6 is 0 Å². The van der Waals surface area contributed by atoms with Gasteiger partial charge < -0.3 is 20.4 Å². The quantitative estimate of drug-likeness (QED) is 0.671. The van der Waals surface area contributed by atoms with Gasteiger partial charge in [0.15, 0.2) is 0 Å². The molecule has 0 radical (unpaired) electrons. The number of rotatable bonds is 9. The highest BCUT2D eigenvalue weighted by atomic mass is 15.1. The van der Waals surface area contributed by atoms with Gasteiger partial charge in [-0.25, -0.2) is 0 Å². The lowest BCUT2D eigenvalue weighted by Gasteiger charge is -2.19. The van der Waals surface area contributed by atoms with E-state index < -0.39 is 0 Å². The fourth-order valence-corrected chi connectivity index (χ4v) is 4.40. The number of hydrogen-bond acceptors (Lipinski definition) is 4. The molecular weight excluding hydrogens is 356 g/mol. The van der Waals surface area contributed by atoms with Gasteiger partial charge in [0.2, 0.25) is 0 Å². The number of anilines is 2. The first-order valence-corrected chi connectivity index (χ1v) is 11.4. The monoisotopic (exact) mass is 392 g/mol. The van der Waals surface area contributed by atoms with E-state index in [9.17, 15) is 0 Å². The molecule has 156 valence electrons. The van der Waals surface area contributed by atoms with Crippen molar-refractivity contribution in [2.75, 3.05) is 42.5 Å². The van der Waals surface area contributed by atoms with Crippen LogP contribution in [0.1, 0.15) is 43.7 Å². The summed E-state index contributed by atoms with van der Waals surface area (Å²) in [6, 6.07) is 18.6. The summed E-state index contributed by atoms with van der Waals surface area (Å²) >= 11 is 0. The van der Waals surface area contributed by atoms with Crippen molar-refractivity contribution >= 4 is 11.4 Å². The van der Waals surface area contributed by atoms with E-state index in [0.29, 0.717) is 6.04 Å². The third-order valence-electron chi connectivity index (χ3n) is 6.25. The molecule has 2 aliphatic heterocycles. The minimum absolute atomic E-state index is 0.442. The van der Waals surface area contributed by atoms with Crippen LogP contribution in [-0.4, -0.2) is 38.8 Å².